The fraction of sp³-hybridized carbons (Fsp3) is 0.214. The van der Waals surface area contributed by atoms with Crippen molar-refractivity contribution in [2.24, 2.45) is 0 Å². The van der Waals surface area contributed by atoms with Crippen LogP contribution in [0.15, 0.2) is 36.4 Å². The third-order valence-corrected chi connectivity index (χ3v) is 2.94. The van der Waals surface area contributed by atoms with Gasteiger partial charge in [0.05, 0.1) is 5.56 Å². The van der Waals surface area contributed by atoms with Crippen molar-refractivity contribution < 1.29 is 18.0 Å². The Bertz CT molecular complexity index is 587. The van der Waals surface area contributed by atoms with Crippen molar-refractivity contribution in [3.05, 3.63) is 47.5 Å². The van der Waals surface area contributed by atoms with Gasteiger partial charge in [-0.25, -0.2) is 0 Å². The van der Waals surface area contributed by atoms with Gasteiger partial charge in [0.25, 0.3) is 0 Å². The summed E-state index contributed by atoms with van der Waals surface area (Å²) in [6.07, 6.45) is -3.94. The van der Waals surface area contributed by atoms with Crippen LogP contribution in [0.25, 0.3) is 10.8 Å². The lowest BCUT2D eigenvalue weighted by Crippen LogP contribution is -2.12. The largest absolute Gasteiger partial charge is 0.417 e. The SMILES string of the molecule is CC(C=O)c1ccc2ccccc2c1C(F)(F)F. The molecular weight excluding hydrogens is 241 g/mol. The van der Waals surface area contributed by atoms with E-state index < -0.39 is 17.7 Å². The van der Waals surface area contributed by atoms with Crippen molar-refractivity contribution >= 4 is 17.1 Å². The number of carbonyl (C=O) groups excluding carboxylic acids is 1. The van der Waals surface area contributed by atoms with Crippen LogP contribution < -0.4 is 0 Å². The molecule has 0 fully saturated rings. The molecule has 0 N–H and O–H groups in total. The molecule has 94 valence electrons. The number of rotatable bonds is 2. The second-order valence-corrected chi connectivity index (χ2v) is 4.17. The van der Waals surface area contributed by atoms with E-state index in [2.05, 4.69) is 0 Å². The van der Waals surface area contributed by atoms with Crippen LogP contribution in [0.1, 0.15) is 24.0 Å². The smallest absolute Gasteiger partial charge is 0.303 e. The van der Waals surface area contributed by atoms with Crippen molar-refractivity contribution in [3.63, 3.8) is 0 Å². The Balaban J connectivity index is 2.84. The van der Waals surface area contributed by atoms with Crippen LogP contribution in [0.3, 0.4) is 0 Å². The lowest BCUT2D eigenvalue weighted by atomic mass is 9.92. The Morgan fingerprint density at radius 1 is 1.11 bits per heavy atom. The van der Waals surface area contributed by atoms with Gasteiger partial charge in [-0.05, 0) is 16.3 Å². The predicted molar refractivity (Wildman–Crippen MR) is 63.4 cm³/mol. The first-order chi connectivity index (χ1) is 8.45. The zero-order valence-corrected chi connectivity index (χ0v) is 9.66. The maximum Gasteiger partial charge on any atom is 0.417 e. The summed E-state index contributed by atoms with van der Waals surface area (Å²) in [7, 11) is 0. The molecule has 0 radical (unpaired) electrons. The van der Waals surface area contributed by atoms with E-state index in [-0.39, 0.29) is 10.9 Å². The van der Waals surface area contributed by atoms with Crippen molar-refractivity contribution in [1.29, 1.82) is 0 Å². The van der Waals surface area contributed by atoms with Crippen molar-refractivity contribution in [3.8, 4) is 0 Å². The van der Waals surface area contributed by atoms with Gasteiger partial charge in [0, 0.05) is 5.92 Å². The zero-order chi connectivity index (χ0) is 13.3. The molecule has 2 aromatic rings. The van der Waals surface area contributed by atoms with E-state index in [9.17, 15) is 18.0 Å². The van der Waals surface area contributed by atoms with Crippen molar-refractivity contribution in [1.82, 2.24) is 0 Å². The van der Waals surface area contributed by atoms with Gasteiger partial charge in [-0.15, -0.1) is 0 Å². The molecule has 0 aliphatic heterocycles. The van der Waals surface area contributed by atoms with Crippen LogP contribution in [0.2, 0.25) is 0 Å². The van der Waals surface area contributed by atoms with Crippen LogP contribution in [0, 0.1) is 0 Å². The highest BCUT2D eigenvalue weighted by Gasteiger charge is 2.36. The summed E-state index contributed by atoms with van der Waals surface area (Å²) in [6.45, 7) is 1.46. The second kappa shape index (κ2) is 4.44. The normalized spacial score (nSPS) is 13.6. The van der Waals surface area contributed by atoms with Crippen LogP contribution in [-0.4, -0.2) is 6.29 Å². The van der Waals surface area contributed by atoms with E-state index in [1.807, 2.05) is 0 Å². The zero-order valence-electron chi connectivity index (χ0n) is 9.66. The van der Waals surface area contributed by atoms with Gasteiger partial charge >= 0.3 is 6.18 Å². The summed E-state index contributed by atoms with van der Waals surface area (Å²) in [6, 6.07) is 9.29. The molecule has 1 atom stereocenters. The highest BCUT2D eigenvalue weighted by Crippen LogP contribution is 2.39. The Labute approximate surface area is 102 Å². The summed E-state index contributed by atoms with van der Waals surface area (Å²) in [5.74, 6) is -0.772. The number of hydrogen-bond donors (Lipinski definition) is 0. The number of aldehydes is 1. The standard InChI is InChI=1S/C14H11F3O/c1-9(8-18)11-7-6-10-4-2-3-5-12(10)13(11)14(15,16)17/h2-9H,1H3. The topological polar surface area (TPSA) is 17.1 Å². The lowest BCUT2D eigenvalue weighted by molar-refractivity contribution is -0.137. The van der Waals surface area contributed by atoms with E-state index in [4.69, 9.17) is 0 Å². The Morgan fingerprint density at radius 2 is 1.78 bits per heavy atom. The average Bonchev–Trinajstić information content (AvgIpc) is 2.35. The minimum Gasteiger partial charge on any atom is -0.303 e. The third-order valence-electron chi connectivity index (χ3n) is 2.94. The number of alkyl halides is 3. The summed E-state index contributed by atoms with van der Waals surface area (Å²) in [5, 5.41) is 0.655. The van der Waals surface area contributed by atoms with Crippen LogP contribution in [0.4, 0.5) is 13.2 Å². The van der Waals surface area contributed by atoms with Crippen molar-refractivity contribution in [2.75, 3.05) is 0 Å². The first kappa shape index (κ1) is 12.6. The molecule has 0 bridgehead atoms. The maximum absolute atomic E-state index is 13.2. The molecule has 0 aliphatic carbocycles. The van der Waals surface area contributed by atoms with Gasteiger partial charge in [0.2, 0.25) is 0 Å². The molecule has 4 heteroatoms. The van der Waals surface area contributed by atoms with E-state index in [0.29, 0.717) is 11.7 Å². The molecule has 2 rings (SSSR count). The lowest BCUT2D eigenvalue weighted by Gasteiger charge is -2.17. The van der Waals surface area contributed by atoms with Crippen LogP contribution in [0.5, 0.6) is 0 Å². The van der Waals surface area contributed by atoms with Gasteiger partial charge in [-0.1, -0.05) is 43.3 Å². The minimum atomic E-state index is -4.46. The summed E-state index contributed by atoms with van der Waals surface area (Å²) in [4.78, 5) is 10.8. The quantitative estimate of drug-likeness (QED) is 0.733. The fourth-order valence-corrected chi connectivity index (χ4v) is 2.06. The fourth-order valence-electron chi connectivity index (χ4n) is 2.06. The molecule has 0 saturated heterocycles. The molecule has 0 heterocycles. The molecule has 0 saturated carbocycles. The average molecular weight is 252 g/mol. The van der Waals surface area contributed by atoms with E-state index in [1.54, 1.807) is 24.3 Å². The molecule has 1 nitrogen and oxygen atoms in total. The molecule has 1 unspecified atom stereocenters. The highest BCUT2D eigenvalue weighted by molar-refractivity contribution is 5.88. The molecule has 0 amide bonds. The highest BCUT2D eigenvalue weighted by atomic mass is 19.4. The summed E-state index contributed by atoms with van der Waals surface area (Å²) >= 11 is 0. The second-order valence-electron chi connectivity index (χ2n) is 4.17. The Kier molecular flexibility index (Phi) is 3.11. The van der Waals surface area contributed by atoms with Crippen LogP contribution >= 0.6 is 0 Å². The number of carbonyl (C=O) groups is 1. The third kappa shape index (κ3) is 2.10. The van der Waals surface area contributed by atoms with Crippen LogP contribution in [-0.2, 0) is 11.0 Å². The van der Waals surface area contributed by atoms with E-state index >= 15 is 0 Å². The van der Waals surface area contributed by atoms with Gasteiger partial charge in [-0.3, -0.25) is 0 Å². The number of fused-ring (bicyclic) bond motifs is 1. The minimum absolute atomic E-state index is 0.0243. The van der Waals surface area contributed by atoms with Gasteiger partial charge < -0.3 is 4.79 Å². The van der Waals surface area contributed by atoms with Crippen molar-refractivity contribution in [2.45, 2.75) is 19.0 Å². The Morgan fingerprint density at radius 3 is 2.39 bits per heavy atom. The molecule has 0 spiro atoms. The molecule has 18 heavy (non-hydrogen) atoms. The maximum atomic E-state index is 13.2. The monoisotopic (exact) mass is 252 g/mol. The Hall–Kier alpha value is -1.84. The summed E-state index contributed by atoms with van der Waals surface area (Å²) < 4.78 is 39.5. The van der Waals surface area contributed by atoms with Gasteiger partial charge in [0.1, 0.15) is 6.29 Å². The number of halogens is 3. The molecular formula is C14H11F3O. The first-order valence-corrected chi connectivity index (χ1v) is 5.49. The van der Waals surface area contributed by atoms with Gasteiger partial charge in [-0.2, -0.15) is 13.2 Å². The van der Waals surface area contributed by atoms with Gasteiger partial charge in [0.15, 0.2) is 0 Å². The first-order valence-electron chi connectivity index (χ1n) is 5.49. The molecule has 0 aliphatic rings. The summed E-state index contributed by atoms with van der Waals surface area (Å²) in [5.41, 5.74) is -0.684. The predicted octanol–water partition coefficient (Wildman–Crippen LogP) is 4.16. The number of hydrogen-bond acceptors (Lipinski definition) is 1. The molecule has 2 aromatic carbocycles. The van der Waals surface area contributed by atoms with E-state index in [0.717, 1.165) is 0 Å². The van der Waals surface area contributed by atoms with E-state index in [1.165, 1.54) is 19.1 Å². The number of benzene rings is 2. The molecule has 0 aromatic heterocycles.